The second kappa shape index (κ2) is 5.49. The molecule has 0 aliphatic carbocycles. The first kappa shape index (κ1) is 14.9. The van der Waals surface area contributed by atoms with Crippen LogP contribution < -0.4 is 5.73 Å². The van der Waals surface area contributed by atoms with Crippen molar-refractivity contribution in [2.45, 2.75) is 24.3 Å². The molecule has 1 fully saturated rings. The van der Waals surface area contributed by atoms with Gasteiger partial charge in [0.2, 0.25) is 10.0 Å². The van der Waals surface area contributed by atoms with Crippen LogP contribution in [0.4, 0.5) is 0 Å². The minimum absolute atomic E-state index is 0.0918. The van der Waals surface area contributed by atoms with Crippen LogP contribution in [-0.4, -0.2) is 31.9 Å². The fourth-order valence-electron chi connectivity index (χ4n) is 1.98. The molecule has 0 saturated carbocycles. The van der Waals surface area contributed by atoms with Crippen molar-refractivity contribution in [3.8, 4) is 0 Å². The molecule has 0 bridgehead atoms. The van der Waals surface area contributed by atoms with Crippen LogP contribution in [0.5, 0.6) is 0 Å². The van der Waals surface area contributed by atoms with Gasteiger partial charge >= 0.3 is 0 Å². The Morgan fingerprint density at radius 3 is 2.67 bits per heavy atom. The van der Waals surface area contributed by atoms with Crippen LogP contribution in [0.3, 0.4) is 0 Å². The lowest BCUT2D eigenvalue weighted by molar-refractivity contribution is 0.250. The van der Waals surface area contributed by atoms with Crippen LogP contribution in [0.15, 0.2) is 18.5 Å². The highest BCUT2D eigenvalue weighted by Crippen LogP contribution is 2.37. The molecule has 102 valence electrons. The van der Waals surface area contributed by atoms with Gasteiger partial charge in [-0.1, -0.05) is 6.92 Å². The molecule has 2 N–H and O–H groups in total. The molecule has 4 nitrogen and oxygen atoms in total. The van der Waals surface area contributed by atoms with Crippen LogP contribution in [0.1, 0.15) is 13.3 Å². The van der Waals surface area contributed by atoms with Crippen LogP contribution in [0, 0.1) is 5.92 Å². The van der Waals surface area contributed by atoms with Crippen LogP contribution >= 0.6 is 43.2 Å². The summed E-state index contributed by atoms with van der Waals surface area (Å²) >= 11 is 7.98. The van der Waals surface area contributed by atoms with Crippen molar-refractivity contribution >= 4 is 53.2 Å². The zero-order chi connectivity index (χ0) is 13.5. The molecule has 1 aliphatic heterocycles. The maximum atomic E-state index is 12.5. The molecular weight excluding hydrogens is 404 g/mol. The number of sulfonamides is 1. The normalized spacial score (nSPS) is 26.4. The second-order valence-electron chi connectivity index (χ2n) is 4.48. The maximum Gasteiger partial charge on any atom is 0.245 e. The summed E-state index contributed by atoms with van der Waals surface area (Å²) in [6.45, 7) is 2.97. The summed E-state index contributed by atoms with van der Waals surface area (Å²) in [4.78, 5) is 0.335. The molecule has 0 radical (unpaired) electrons. The molecule has 2 unspecified atom stereocenters. The molecule has 2 atom stereocenters. The average Bonchev–Trinajstić information content (AvgIpc) is 2.62. The average molecular weight is 418 g/mol. The van der Waals surface area contributed by atoms with Crippen molar-refractivity contribution in [1.29, 1.82) is 0 Å². The summed E-state index contributed by atoms with van der Waals surface area (Å²) in [5, 5.41) is 0. The summed E-state index contributed by atoms with van der Waals surface area (Å²) < 4.78 is 28.0. The van der Waals surface area contributed by atoms with E-state index in [4.69, 9.17) is 5.73 Å². The summed E-state index contributed by atoms with van der Waals surface area (Å²) in [7, 11) is -3.42. The Morgan fingerprint density at radius 1 is 1.50 bits per heavy atom. The molecule has 8 heteroatoms. The number of nitrogens with zero attached hydrogens (tertiary/aromatic N) is 1. The van der Waals surface area contributed by atoms with Gasteiger partial charge < -0.3 is 5.73 Å². The molecule has 18 heavy (non-hydrogen) atoms. The van der Waals surface area contributed by atoms with Crippen molar-refractivity contribution in [2.75, 3.05) is 13.1 Å². The fourth-order valence-corrected chi connectivity index (χ4v) is 7.30. The summed E-state index contributed by atoms with van der Waals surface area (Å²) in [5.41, 5.74) is 5.92. The topological polar surface area (TPSA) is 63.4 Å². The molecule has 0 aromatic carbocycles. The van der Waals surface area contributed by atoms with E-state index in [1.165, 1.54) is 15.6 Å². The minimum Gasteiger partial charge on any atom is -0.327 e. The first-order valence-electron chi connectivity index (χ1n) is 5.53. The molecule has 2 heterocycles. The molecule has 1 aliphatic rings. The van der Waals surface area contributed by atoms with Crippen molar-refractivity contribution in [3.05, 3.63) is 13.6 Å². The molecule has 1 saturated heterocycles. The van der Waals surface area contributed by atoms with E-state index in [1.54, 1.807) is 6.07 Å². The number of piperidine rings is 1. The molecule has 0 spiro atoms. The van der Waals surface area contributed by atoms with Gasteiger partial charge in [0, 0.05) is 19.1 Å². The van der Waals surface area contributed by atoms with Gasteiger partial charge in [-0.2, -0.15) is 4.31 Å². The van der Waals surface area contributed by atoms with Crippen molar-refractivity contribution in [3.63, 3.8) is 0 Å². The van der Waals surface area contributed by atoms with E-state index in [0.29, 0.717) is 28.2 Å². The Morgan fingerprint density at radius 2 is 2.17 bits per heavy atom. The lowest BCUT2D eigenvalue weighted by Gasteiger charge is -2.34. The smallest absolute Gasteiger partial charge is 0.245 e. The maximum absolute atomic E-state index is 12.5. The predicted octanol–water partition coefficient (Wildman–Crippen LogP) is 2.63. The van der Waals surface area contributed by atoms with Crippen LogP contribution in [0.2, 0.25) is 0 Å². The Balaban J connectivity index is 2.29. The number of hydrogen-bond acceptors (Lipinski definition) is 4. The zero-order valence-electron chi connectivity index (χ0n) is 9.77. The predicted molar refractivity (Wildman–Crippen MR) is 80.2 cm³/mol. The third-order valence-corrected chi connectivity index (χ3v) is 7.80. The molecule has 1 aromatic rings. The van der Waals surface area contributed by atoms with Gasteiger partial charge in [-0.25, -0.2) is 8.42 Å². The van der Waals surface area contributed by atoms with Gasteiger partial charge in [-0.15, -0.1) is 11.3 Å². The van der Waals surface area contributed by atoms with E-state index in [0.717, 1.165) is 3.79 Å². The quantitative estimate of drug-likeness (QED) is 0.804. The molecular formula is C10H14Br2N2O2S2. The Kier molecular flexibility index (Phi) is 4.56. The third kappa shape index (κ3) is 2.83. The van der Waals surface area contributed by atoms with Crippen LogP contribution in [-0.2, 0) is 10.0 Å². The Labute approximate surface area is 128 Å². The Bertz CT molecular complexity index is 544. The number of thiophene rings is 1. The van der Waals surface area contributed by atoms with Gasteiger partial charge in [-0.3, -0.25) is 0 Å². The standard InChI is InChI=1S/C10H14Br2N2O2S2/c1-6-5-14(3-2-7(6)13)18(15,16)8-4-9(11)17-10(8)12/h4,6-7H,2-3,5,13H2,1H3. The van der Waals surface area contributed by atoms with Crippen molar-refractivity contribution < 1.29 is 8.42 Å². The van der Waals surface area contributed by atoms with E-state index in [9.17, 15) is 8.42 Å². The lowest BCUT2D eigenvalue weighted by atomic mass is 9.96. The lowest BCUT2D eigenvalue weighted by Crippen LogP contribution is -2.48. The highest BCUT2D eigenvalue weighted by atomic mass is 79.9. The van der Waals surface area contributed by atoms with Crippen LogP contribution in [0.25, 0.3) is 0 Å². The van der Waals surface area contributed by atoms with Crippen molar-refractivity contribution in [2.24, 2.45) is 11.7 Å². The van der Waals surface area contributed by atoms with Gasteiger partial charge in [-0.05, 0) is 50.3 Å². The highest BCUT2D eigenvalue weighted by molar-refractivity contribution is 9.12. The molecule has 1 aromatic heterocycles. The van der Waals surface area contributed by atoms with E-state index in [-0.39, 0.29) is 12.0 Å². The highest BCUT2D eigenvalue weighted by Gasteiger charge is 2.33. The second-order valence-corrected chi connectivity index (χ2v) is 10.1. The summed E-state index contributed by atoms with van der Waals surface area (Å²) in [6.07, 6.45) is 0.712. The van der Waals surface area contributed by atoms with E-state index >= 15 is 0 Å². The SMILES string of the molecule is CC1CN(S(=O)(=O)c2cc(Br)sc2Br)CCC1N. The first-order chi connectivity index (χ1) is 8.32. The number of nitrogens with two attached hydrogens (primary N) is 1. The monoisotopic (exact) mass is 416 g/mol. The van der Waals surface area contributed by atoms with Gasteiger partial charge in [0.05, 0.1) is 7.57 Å². The van der Waals surface area contributed by atoms with Crippen molar-refractivity contribution in [1.82, 2.24) is 4.31 Å². The van der Waals surface area contributed by atoms with Gasteiger partial charge in [0.15, 0.2) is 0 Å². The number of hydrogen-bond donors (Lipinski definition) is 1. The molecule has 2 rings (SSSR count). The van der Waals surface area contributed by atoms with E-state index < -0.39 is 10.0 Å². The van der Waals surface area contributed by atoms with E-state index in [2.05, 4.69) is 31.9 Å². The zero-order valence-corrected chi connectivity index (χ0v) is 14.6. The largest absolute Gasteiger partial charge is 0.327 e. The summed E-state index contributed by atoms with van der Waals surface area (Å²) in [6, 6.07) is 1.73. The summed E-state index contributed by atoms with van der Waals surface area (Å²) in [5.74, 6) is 0.189. The van der Waals surface area contributed by atoms with Gasteiger partial charge in [0.25, 0.3) is 0 Å². The number of halogens is 2. The molecule has 0 amide bonds. The first-order valence-corrected chi connectivity index (χ1v) is 9.37. The Hall–Kier alpha value is 0.530. The third-order valence-electron chi connectivity index (χ3n) is 3.18. The van der Waals surface area contributed by atoms with Gasteiger partial charge in [0.1, 0.15) is 4.90 Å². The fraction of sp³-hybridized carbons (Fsp3) is 0.600. The number of rotatable bonds is 2. The van der Waals surface area contributed by atoms with E-state index in [1.807, 2.05) is 6.92 Å². The minimum atomic E-state index is -3.42.